The molecule has 5 heteroatoms. The summed E-state index contributed by atoms with van der Waals surface area (Å²) in [6, 6.07) is 4.41. The van der Waals surface area contributed by atoms with E-state index in [0.717, 1.165) is 73.6 Å². The standard InChI is InChI=1S/C24H29O4P/c1-3-15-13-17-9-5-7-11-19(17)21-22-20-12-8-6-10-18(20)14-16(4-2)24(22)28-29(25,26)27-23(15)21/h13-14H,3-12H2,1-2H3,(H,25,26). The maximum Gasteiger partial charge on any atom is 0.584 e. The fraction of sp³-hybridized carbons (Fsp3) is 0.500. The van der Waals surface area contributed by atoms with Gasteiger partial charge in [0.2, 0.25) is 0 Å². The minimum atomic E-state index is -4.25. The van der Waals surface area contributed by atoms with E-state index in [1.54, 1.807) is 0 Å². The molecule has 0 saturated heterocycles. The summed E-state index contributed by atoms with van der Waals surface area (Å²) in [7, 11) is -4.25. The number of fused-ring (bicyclic) bond motifs is 7. The fourth-order valence-electron chi connectivity index (χ4n) is 5.41. The number of aryl methyl sites for hydroxylation is 4. The van der Waals surface area contributed by atoms with Crippen molar-refractivity contribution >= 4 is 7.82 Å². The highest BCUT2D eigenvalue weighted by molar-refractivity contribution is 7.48. The van der Waals surface area contributed by atoms with E-state index < -0.39 is 7.82 Å². The van der Waals surface area contributed by atoms with Crippen molar-refractivity contribution in [3.05, 3.63) is 45.5 Å². The number of phosphoric ester groups is 1. The Morgan fingerprint density at radius 3 is 1.62 bits per heavy atom. The maximum absolute atomic E-state index is 13.0. The molecule has 0 fully saturated rings. The van der Waals surface area contributed by atoms with Crippen LogP contribution < -0.4 is 9.05 Å². The minimum absolute atomic E-state index is 0.582. The summed E-state index contributed by atoms with van der Waals surface area (Å²) in [4.78, 5) is 10.6. The highest BCUT2D eigenvalue weighted by Crippen LogP contribution is 2.59. The first-order valence-corrected chi connectivity index (χ1v) is 12.6. The van der Waals surface area contributed by atoms with Gasteiger partial charge in [0.1, 0.15) is 11.5 Å². The molecule has 1 aliphatic heterocycles. The van der Waals surface area contributed by atoms with E-state index in [9.17, 15) is 9.46 Å². The van der Waals surface area contributed by atoms with Crippen LogP contribution in [0, 0.1) is 0 Å². The van der Waals surface area contributed by atoms with Crippen molar-refractivity contribution in [3.63, 3.8) is 0 Å². The normalized spacial score (nSPS) is 19.0. The molecule has 1 N–H and O–H groups in total. The number of hydrogen-bond acceptors (Lipinski definition) is 3. The second-order valence-corrected chi connectivity index (χ2v) is 9.83. The van der Waals surface area contributed by atoms with Gasteiger partial charge in [-0.25, -0.2) is 4.57 Å². The van der Waals surface area contributed by atoms with Gasteiger partial charge in [-0.15, -0.1) is 0 Å². The Morgan fingerprint density at radius 1 is 0.793 bits per heavy atom. The van der Waals surface area contributed by atoms with Gasteiger partial charge in [-0.1, -0.05) is 26.0 Å². The Labute approximate surface area is 172 Å². The molecular weight excluding hydrogens is 383 g/mol. The van der Waals surface area contributed by atoms with Crippen LogP contribution in [0.5, 0.6) is 11.5 Å². The molecule has 0 bridgehead atoms. The van der Waals surface area contributed by atoms with Gasteiger partial charge in [-0.05, 0) is 97.6 Å². The van der Waals surface area contributed by atoms with Gasteiger partial charge in [0.05, 0.1) is 0 Å². The van der Waals surface area contributed by atoms with Crippen LogP contribution in [0.25, 0.3) is 11.1 Å². The van der Waals surface area contributed by atoms with Crippen LogP contribution in [0.15, 0.2) is 12.1 Å². The van der Waals surface area contributed by atoms with Gasteiger partial charge in [-0.2, -0.15) is 0 Å². The van der Waals surface area contributed by atoms with Gasteiger partial charge < -0.3 is 9.05 Å². The van der Waals surface area contributed by atoms with Crippen molar-refractivity contribution in [1.82, 2.24) is 0 Å². The molecule has 5 rings (SSSR count). The summed E-state index contributed by atoms with van der Waals surface area (Å²) in [5.74, 6) is 1.16. The second kappa shape index (κ2) is 7.18. The van der Waals surface area contributed by atoms with Crippen LogP contribution in [0.4, 0.5) is 0 Å². The quantitative estimate of drug-likeness (QED) is 0.605. The molecule has 0 saturated carbocycles. The SMILES string of the molecule is CCc1cc2c(c3c1OP(=O)(O)Oc1c(CC)cc4c(c1-3)CCCC4)CCCC2. The van der Waals surface area contributed by atoms with Gasteiger partial charge in [0, 0.05) is 11.1 Å². The smallest absolute Gasteiger partial charge is 0.394 e. The minimum Gasteiger partial charge on any atom is -0.394 e. The zero-order valence-electron chi connectivity index (χ0n) is 17.3. The first kappa shape index (κ1) is 19.2. The summed E-state index contributed by atoms with van der Waals surface area (Å²) in [6.45, 7) is 4.17. The van der Waals surface area contributed by atoms with Gasteiger partial charge in [0.15, 0.2) is 0 Å². The summed E-state index contributed by atoms with van der Waals surface area (Å²) < 4.78 is 24.6. The number of rotatable bonds is 2. The zero-order chi connectivity index (χ0) is 20.2. The fourth-order valence-corrected chi connectivity index (χ4v) is 6.32. The lowest BCUT2D eigenvalue weighted by Gasteiger charge is -2.27. The van der Waals surface area contributed by atoms with E-state index in [1.807, 2.05) is 0 Å². The van der Waals surface area contributed by atoms with Crippen molar-refractivity contribution in [3.8, 4) is 22.6 Å². The van der Waals surface area contributed by atoms with E-state index in [0.29, 0.717) is 11.5 Å². The summed E-state index contributed by atoms with van der Waals surface area (Å²) >= 11 is 0. The Morgan fingerprint density at radius 2 is 1.21 bits per heavy atom. The van der Waals surface area contributed by atoms with Crippen LogP contribution in [0.3, 0.4) is 0 Å². The molecule has 2 aliphatic carbocycles. The molecule has 29 heavy (non-hydrogen) atoms. The lowest BCUT2D eigenvalue weighted by Crippen LogP contribution is -2.11. The molecule has 0 atom stereocenters. The molecule has 3 aliphatic rings. The number of benzene rings is 2. The summed E-state index contributed by atoms with van der Waals surface area (Å²) in [5.41, 5.74) is 9.48. The van der Waals surface area contributed by atoms with Crippen LogP contribution >= 0.6 is 7.82 Å². The molecule has 4 nitrogen and oxygen atoms in total. The molecule has 0 radical (unpaired) electrons. The van der Waals surface area contributed by atoms with Gasteiger partial charge in [0.25, 0.3) is 0 Å². The maximum atomic E-state index is 13.0. The average molecular weight is 412 g/mol. The van der Waals surface area contributed by atoms with Crippen molar-refractivity contribution in [2.45, 2.75) is 78.1 Å². The first-order valence-electron chi connectivity index (χ1n) is 11.1. The van der Waals surface area contributed by atoms with Crippen molar-refractivity contribution < 1.29 is 18.5 Å². The van der Waals surface area contributed by atoms with Crippen LogP contribution in [0.2, 0.25) is 0 Å². The van der Waals surface area contributed by atoms with Crippen molar-refractivity contribution in [1.29, 1.82) is 0 Å². The third-order valence-corrected chi connectivity index (χ3v) is 7.61. The average Bonchev–Trinajstić information content (AvgIpc) is 2.85. The summed E-state index contributed by atoms with van der Waals surface area (Å²) in [6.07, 6.45) is 10.3. The van der Waals surface area contributed by atoms with E-state index in [-0.39, 0.29) is 0 Å². The third kappa shape index (κ3) is 3.12. The lowest BCUT2D eigenvalue weighted by atomic mass is 9.78. The molecule has 2 aromatic carbocycles. The monoisotopic (exact) mass is 412 g/mol. The van der Waals surface area contributed by atoms with Gasteiger partial charge >= 0.3 is 7.82 Å². The van der Waals surface area contributed by atoms with Crippen LogP contribution in [-0.4, -0.2) is 4.89 Å². The molecule has 1 heterocycles. The lowest BCUT2D eigenvalue weighted by molar-refractivity contribution is 0.292. The highest BCUT2D eigenvalue weighted by atomic mass is 31.2. The molecule has 0 amide bonds. The Kier molecular flexibility index (Phi) is 4.75. The molecule has 154 valence electrons. The second-order valence-electron chi connectivity index (χ2n) is 8.53. The molecule has 0 aromatic heterocycles. The summed E-state index contributed by atoms with van der Waals surface area (Å²) in [5, 5.41) is 0. The molecule has 2 aromatic rings. The highest BCUT2D eigenvalue weighted by Gasteiger charge is 2.38. The predicted molar refractivity (Wildman–Crippen MR) is 115 cm³/mol. The Hall–Kier alpha value is -1.77. The third-order valence-electron chi connectivity index (χ3n) is 6.78. The van der Waals surface area contributed by atoms with Crippen molar-refractivity contribution in [2.24, 2.45) is 0 Å². The predicted octanol–water partition coefficient (Wildman–Crippen LogP) is 6.11. The van der Waals surface area contributed by atoms with E-state index in [2.05, 4.69) is 26.0 Å². The number of phosphoric acid groups is 1. The van der Waals surface area contributed by atoms with Crippen LogP contribution in [0.1, 0.15) is 72.9 Å². The molecular formula is C24H29O4P. The number of hydrogen-bond donors (Lipinski definition) is 1. The Balaban J connectivity index is 1.94. The zero-order valence-corrected chi connectivity index (χ0v) is 18.2. The first-order chi connectivity index (χ1) is 14.0. The molecule has 0 spiro atoms. The van der Waals surface area contributed by atoms with Crippen LogP contribution in [-0.2, 0) is 43.1 Å². The van der Waals surface area contributed by atoms with Gasteiger partial charge in [-0.3, -0.25) is 4.89 Å². The largest absolute Gasteiger partial charge is 0.584 e. The van der Waals surface area contributed by atoms with E-state index in [1.165, 1.54) is 35.1 Å². The molecule has 0 unspecified atom stereocenters. The van der Waals surface area contributed by atoms with Crippen molar-refractivity contribution in [2.75, 3.05) is 0 Å². The topological polar surface area (TPSA) is 55.8 Å². The van der Waals surface area contributed by atoms with E-state index in [4.69, 9.17) is 9.05 Å². The van der Waals surface area contributed by atoms with E-state index >= 15 is 0 Å². The Bertz CT molecular complexity index is 961.